The molecule has 16 heavy (non-hydrogen) atoms. The van der Waals surface area contributed by atoms with Crippen LogP contribution in [0.1, 0.15) is 15.8 Å². The van der Waals surface area contributed by atoms with Crippen LogP contribution in [0.25, 0.3) is 0 Å². The van der Waals surface area contributed by atoms with E-state index in [-0.39, 0.29) is 11.2 Å². The molecule has 0 N–H and O–H groups in total. The number of thiophene rings is 1. The summed E-state index contributed by atoms with van der Waals surface area (Å²) in [6.45, 7) is 0. The number of rotatable bonds is 2. The average Bonchev–Trinajstić information content (AvgIpc) is 2.62. The quantitative estimate of drug-likeness (QED) is 0.579. The van der Waals surface area contributed by atoms with E-state index in [2.05, 4.69) is 31.9 Å². The lowest BCUT2D eigenvalue weighted by Gasteiger charge is -2.09. The largest absolute Gasteiger partial charge is 0.207 e. The number of alkyl halides is 1. The van der Waals surface area contributed by atoms with Crippen molar-refractivity contribution in [3.8, 4) is 0 Å². The minimum absolute atomic E-state index is 0.289. The molecule has 2 rings (SSSR count). The van der Waals surface area contributed by atoms with Gasteiger partial charge in [0.2, 0.25) is 0 Å². The van der Waals surface area contributed by atoms with E-state index in [4.69, 9.17) is 11.6 Å². The van der Waals surface area contributed by atoms with Gasteiger partial charge in [0.1, 0.15) is 5.82 Å². The first-order chi connectivity index (χ1) is 7.58. The van der Waals surface area contributed by atoms with Gasteiger partial charge < -0.3 is 0 Å². The van der Waals surface area contributed by atoms with Crippen LogP contribution >= 0.6 is 54.8 Å². The second-order valence-corrected chi connectivity index (χ2v) is 6.35. The lowest BCUT2D eigenvalue weighted by molar-refractivity contribution is 0.625. The SMILES string of the molecule is Fc1cc(Br)cc(C(Cl)c2sccc2Br)c1. The molecule has 1 aromatic heterocycles. The van der Waals surface area contributed by atoms with E-state index in [0.717, 1.165) is 14.9 Å². The number of hydrogen-bond acceptors (Lipinski definition) is 1. The fourth-order valence-electron chi connectivity index (χ4n) is 1.36. The molecule has 0 spiro atoms. The molecule has 0 aliphatic rings. The molecular formula is C11H6Br2ClFS. The van der Waals surface area contributed by atoms with Gasteiger partial charge in [-0.05, 0) is 51.1 Å². The van der Waals surface area contributed by atoms with Crippen molar-refractivity contribution in [2.75, 3.05) is 0 Å². The highest BCUT2D eigenvalue weighted by molar-refractivity contribution is 9.10. The van der Waals surface area contributed by atoms with Crippen LogP contribution < -0.4 is 0 Å². The van der Waals surface area contributed by atoms with Gasteiger partial charge in [0.15, 0.2) is 0 Å². The van der Waals surface area contributed by atoms with Crippen LogP contribution in [0.15, 0.2) is 38.6 Å². The van der Waals surface area contributed by atoms with Gasteiger partial charge in [-0.3, -0.25) is 0 Å². The molecule has 0 nitrogen and oxygen atoms in total. The Labute approximate surface area is 119 Å². The highest BCUT2D eigenvalue weighted by atomic mass is 79.9. The minimum atomic E-state index is -0.332. The van der Waals surface area contributed by atoms with Gasteiger partial charge in [-0.1, -0.05) is 15.9 Å². The van der Waals surface area contributed by atoms with Crippen molar-refractivity contribution in [3.05, 3.63) is 54.8 Å². The summed E-state index contributed by atoms with van der Waals surface area (Å²) in [5.41, 5.74) is 0.747. The van der Waals surface area contributed by atoms with Crippen LogP contribution in [0.4, 0.5) is 4.39 Å². The summed E-state index contributed by atoms with van der Waals surface area (Å²) >= 11 is 14.5. The molecule has 5 heteroatoms. The highest BCUT2D eigenvalue weighted by Crippen LogP contribution is 2.38. The van der Waals surface area contributed by atoms with Gasteiger partial charge in [0.05, 0.1) is 5.38 Å². The fourth-order valence-corrected chi connectivity index (χ4v) is 3.98. The van der Waals surface area contributed by atoms with Gasteiger partial charge in [-0.15, -0.1) is 22.9 Å². The van der Waals surface area contributed by atoms with Gasteiger partial charge in [-0.2, -0.15) is 0 Å². The molecule has 1 heterocycles. The van der Waals surface area contributed by atoms with E-state index in [1.807, 2.05) is 17.5 Å². The molecule has 0 radical (unpaired) electrons. The molecule has 2 aromatic rings. The summed E-state index contributed by atoms with van der Waals surface area (Å²) in [5.74, 6) is -0.289. The summed E-state index contributed by atoms with van der Waals surface area (Å²) < 4.78 is 14.9. The van der Waals surface area contributed by atoms with E-state index in [1.54, 1.807) is 11.3 Å². The fraction of sp³-hybridized carbons (Fsp3) is 0.0909. The highest BCUT2D eigenvalue weighted by Gasteiger charge is 2.16. The van der Waals surface area contributed by atoms with E-state index >= 15 is 0 Å². The Hall–Kier alpha value is 0.1000. The van der Waals surface area contributed by atoms with Gasteiger partial charge in [-0.25, -0.2) is 4.39 Å². The van der Waals surface area contributed by atoms with Crippen LogP contribution in [0.3, 0.4) is 0 Å². The summed E-state index contributed by atoms with van der Waals surface area (Å²) in [4.78, 5) is 0.985. The maximum atomic E-state index is 13.2. The Morgan fingerprint density at radius 1 is 1.25 bits per heavy atom. The first-order valence-corrected chi connectivity index (χ1v) is 7.31. The maximum absolute atomic E-state index is 13.2. The number of benzene rings is 1. The van der Waals surface area contributed by atoms with Crippen LogP contribution in [-0.2, 0) is 0 Å². The minimum Gasteiger partial charge on any atom is -0.207 e. The first kappa shape index (κ1) is 12.6. The third kappa shape index (κ3) is 2.67. The third-order valence-electron chi connectivity index (χ3n) is 2.05. The zero-order valence-electron chi connectivity index (χ0n) is 7.88. The lowest BCUT2D eigenvalue weighted by atomic mass is 10.1. The molecule has 0 bridgehead atoms. The second-order valence-electron chi connectivity index (χ2n) is 3.20. The molecule has 1 unspecified atom stereocenters. The van der Waals surface area contributed by atoms with Crippen molar-refractivity contribution in [1.82, 2.24) is 0 Å². The standard InChI is InChI=1S/C11H6Br2ClFS/c12-7-3-6(4-8(15)5-7)10(14)11-9(13)1-2-16-11/h1-5,10H. The zero-order valence-corrected chi connectivity index (χ0v) is 12.6. The normalized spacial score (nSPS) is 12.8. The second kappa shape index (κ2) is 5.17. The first-order valence-electron chi connectivity index (χ1n) is 4.41. The van der Waals surface area contributed by atoms with Crippen LogP contribution in [0.5, 0.6) is 0 Å². The van der Waals surface area contributed by atoms with Gasteiger partial charge in [0, 0.05) is 13.8 Å². The number of hydrogen-bond donors (Lipinski definition) is 0. The molecular weight excluding hydrogens is 378 g/mol. The Kier molecular flexibility index (Phi) is 4.06. The van der Waals surface area contributed by atoms with Crippen molar-refractivity contribution in [2.24, 2.45) is 0 Å². The molecule has 1 atom stereocenters. The van der Waals surface area contributed by atoms with Gasteiger partial charge >= 0.3 is 0 Å². The van der Waals surface area contributed by atoms with Crippen molar-refractivity contribution >= 4 is 54.8 Å². The van der Waals surface area contributed by atoms with E-state index in [9.17, 15) is 4.39 Å². The molecule has 0 fully saturated rings. The summed E-state index contributed by atoms with van der Waals surface area (Å²) in [6, 6.07) is 6.63. The number of halogens is 4. The van der Waals surface area contributed by atoms with Crippen LogP contribution in [-0.4, -0.2) is 0 Å². The third-order valence-corrected chi connectivity index (χ3v) is 5.05. The Morgan fingerprint density at radius 2 is 2.00 bits per heavy atom. The van der Waals surface area contributed by atoms with Gasteiger partial charge in [0.25, 0.3) is 0 Å². The monoisotopic (exact) mass is 382 g/mol. The van der Waals surface area contributed by atoms with Crippen molar-refractivity contribution in [3.63, 3.8) is 0 Å². The molecule has 1 aromatic carbocycles. The van der Waals surface area contributed by atoms with Crippen molar-refractivity contribution in [2.45, 2.75) is 5.38 Å². The van der Waals surface area contributed by atoms with Crippen LogP contribution in [0, 0.1) is 5.82 Å². The zero-order chi connectivity index (χ0) is 11.7. The van der Waals surface area contributed by atoms with E-state index < -0.39 is 0 Å². The predicted octanol–water partition coefficient (Wildman–Crippen LogP) is 5.74. The van der Waals surface area contributed by atoms with Crippen LogP contribution in [0.2, 0.25) is 0 Å². The summed E-state index contributed by atoms with van der Waals surface area (Å²) in [7, 11) is 0. The lowest BCUT2D eigenvalue weighted by Crippen LogP contribution is -1.92. The molecule has 84 valence electrons. The Balaban J connectivity index is 2.41. The van der Waals surface area contributed by atoms with Crippen molar-refractivity contribution < 1.29 is 4.39 Å². The van der Waals surface area contributed by atoms with E-state index in [1.165, 1.54) is 12.1 Å². The average molecular weight is 384 g/mol. The molecule has 0 saturated heterocycles. The smallest absolute Gasteiger partial charge is 0.124 e. The van der Waals surface area contributed by atoms with E-state index in [0.29, 0.717) is 4.47 Å². The molecule has 0 amide bonds. The molecule has 0 aliphatic heterocycles. The molecule has 0 saturated carbocycles. The Bertz CT molecular complexity index is 492. The molecule has 0 aliphatic carbocycles. The Morgan fingerprint density at radius 3 is 2.56 bits per heavy atom. The van der Waals surface area contributed by atoms with Crippen molar-refractivity contribution in [1.29, 1.82) is 0 Å². The topological polar surface area (TPSA) is 0 Å². The maximum Gasteiger partial charge on any atom is 0.124 e. The predicted molar refractivity (Wildman–Crippen MR) is 73.8 cm³/mol. The summed E-state index contributed by atoms with van der Waals surface area (Å²) in [6.07, 6.45) is 0. The summed E-state index contributed by atoms with van der Waals surface area (Å²) in [5, 5.41) is 1.62.